The predicted octanol–water partition coefficient (Wildman–Crippen LogP) is 2.61. The van der Waals surface area contributed by atoms with Gasteiger partial charge < -0.3 is 19.2 Å². The quantitative estimate of drug-likeness (QED) is 0.715. The molecule has 148 valence electrons. The number of hydrogen-bond donors (Lipinski definition) is 1. The Morgan fingerprint density at radius 1 is 1.18 bits per heavy atom. The Hall–Kier alpha value is -2.31. The molecule has 2 fully saturated rings. The maximum atomic E-state index is 12.9. The van der Waals surface area contributed by atoms with Crippen molar-refractivity contribution in [3.05, 3.63) is 36.0 Å². The second kappa shape index (κ2) is 7.26. The molecule has 28 heavy (non-hydrogen) atoms. The molecule has 1 aliphatic carbocycles. The van der Waals surface area contributed by atoms with Crippen molar-refractivity contribution in [3.63, 3.8) is 0 Å². The molecule has 1 aromatic carbocycles. The normalized spacial score (nSPS) is 18.2. The Morgan fingerprint density at radius 3 is 2.75 bits per heavy atom. The van der Waals surface area contributed by atoms with E-state index in [1.54, 1.807) is 0 Å². The van der Waals surface area contributed by atoms with E-state index < -0.39 is 0 Å². The molecule has 1 N–H and O–H groups in total. The number of benzene rings is 1. The zero-order chi connectivity index (χ0) is 19.1. The second-order valence-electron chi connectivity index (χ2n) is 8.10. The van der Waals surface area contributed by atoms with Gasteiger partial charge in [0.2, 0.25) is 0 Å². The molecule has 0 atom stereocenters. The van der Waals surface area contributed by atoms with Gasteiger partial charge in [0, 0.05) is 45.2 Å². The number of para-hydroxylation sites is 1. The van der Waals surface area contributed by atoms with Gasteiger partial charge >= 0.3 is 0 Å². The van der Waals surface area contributed by atoms with E-state index in [1.165, 1.54) is 29.3 Å². The van der Waals surface area contributed by atoms with Crippen molar-refractivity contribution in [1.29, 1.82) is 0 Å². The highest BCUT2D eigenvalue weighted by Gasteiger charge is 2.26. The molecule has 2 aliphatic rings. The number of amides is 1. The molecule has 0 radical (unpaired) electrons. The van der Waals surface area contributed by atoms with Gasteiger partial charge in [0.15, 0.2) is 0 Å². The number of nitrogens with one attached hydrogen (secondary N) is 1. The van der Waals surface area contributed by atoms with Gasteiger partial charge in [-0.15, -0.1) is 0 Å². The molecule has 0 bridgehead atoms. The van der Waals surface area contributed by atoms with Crippen molar-refractivity contribution < 1.29 is 9.53 Å². The minimum Gasteiger partial charge on any atom is -0.379 e. The van der Waals surface area contributed by atoms with Crippen molar-refractivity contribution in [2.45, 2.75) is 19.4 Å². The average molecular weight is 380 g/mol. The minimum atomic E-state index is 0.00834. The SMILES string of the molecule is Cn1c(C(=O)NCCN2CCOCC2)cc2c1c1ccccc1n2CC1CC1. The van der Waals surface area contributed by atoms with Gasteiger partial charge in [-0.2, -0.15) is 0 Å². The molecule has 1 aliphatic heterocycles. The fourth-order valence-electron chi connectivity index (χ4n) is 4.37. The van der Waals surface area contributed by atoms with Gasteiger partial charge in [-0.1, -0.05) is 18.2 Å². The minimum absolute atomic E-state index is 0.00834. The highest BCUT2D eigenvalue weighted by Crippen LogP contribution is 2.36. The van der Waals surface area contributed by atoms with Gasteiger partial charge in [0.25, 0.3) is 5.91 Å². The largest absolute Gasteiger partial charge is 0.379 e. The molecule has 2 aromatic heterocycles. The van der Waals surface area contributed by atoms with Crippen LogP contribution in [0.4, 0.5) is 0 Å². The fourth-order valence-corrected chi connectivity index (χ4v) is 4.37. The molecule has 0 unspecified atom stereocenters. The molecule has 3 aromatic rings. The number of aryl methyl sites for hydroxylation is 1. The van der Waals surface area contributed by atoms with E-state index in [0.29, 0.717) is 6.54 Å². The summed E-state index contributed by atoms with van der Waals surface area (Å²) in [4.78, 5) is 15.2. The van der Waals surface area contributed by atoms with Gasteiger partial charge in [-0.3, -0.25) is 9.69 Å². The van der Waals surface area contributed by atoms with Crippen molar-refractivity contribution in [2.24, 2.45) is 13.0 Å². The van der Waals surface area contributed by atoms with Crippen LogP contribution in [0.25, 0.3) is 21.9 Å². The lowest BCUT2D eigenvalue weighted by Gasteiger charge is -2.26. The molecule has 1 amide bonds. The summed E-state index contributed by atoms with van der Waals surface area (Å²) in [5.74, 6) is 0.791. The topological polar surface area (TPSA) is 51.4 Å². The summed E-state index contributed by atoms with van der Waals surface area (Å²) >= 11 is 0. The summed E-state index contributed by atoms with van der Waals surface area (Å²) < 4.78 is 9.85. The van der Waals surface area contributed by atoms with E-state index >= 15 is 0 Å². The summed E-state index contributed by atoms with van der Waals surface area (Å²) in [6.07, 6.45) is 2.63. The lowest BCUT2D eigenvalue weighted by molar-refractivity contribution is 0.0383. The van der Waals surface area contributed by atoms with E-state index in [4.69, 9.17) is 4.74 Å². The molecule has 0 spiro atoms. The third-order valence-electron chi connectivity index (χ3n) is 6.14. The van der Waals surface area contributed by atoms with Crippen LogP contribution in [0.2, 0.25) is 0 Å². The Labute approximate surface area is 165 Å². The number of fused-ring (bicyclic) bond motifs is 3. The average Bonchev–Trinajstić information content (AvgIpc) is 3.40. The van der Waals surface area contributed by atoms with Crippen molar-refractivity contribution >= 4 is 27.8 Å². The number of rotatable bonds is 6. The molecule has 1 saturated carbocycles. The summed E-state index contributed by atoms with van der Waals surface area (Å²) in [6.45, 7) is 6.05. The summed E-state index contributed by atoms with van der Waals surface area (Å²) in [6, 6.07) is 10.6. The molecule has 6 nitrogen and oxygen atoms in total. The van der Waals surface area contributed by atoms with Crippen molar-refractivity contribution in [2.75, 3.05) is 39.4 Å². The van der Waals surface area contributed by atoms with Gasteiger partial charge in [0.05, 0.1) is 29.8 Å². The highest BCUT2D eigenvalue weighted by molar-refractivity contribution is 6.10. The van der Waals surface area contributed by atoms with Gasteiger partial charge in [-0.25, -0.2) is 0 Å². The number of carbonyl (C=O) groups is 1. The van der Waals surface area contributed by atoms with Crippen LogP contribution in [0.15, 0.2) is 30.3 Å². The first kappa shape index (κ1) is 17.8. The van der Waals surface area contributed by atoms with E-state index in [1.807, 2.05) is 7.05 Å². The first-order valence-electron chi connectivity index (χ1n) is 10.4. The predicted molar refractivity (Wildman–Crippen MR) is 111 cm³/mol. The number of hydrogen-bond acceptors (Lipinski definition) is 3. The van der Waals surface area contributed by atoms with Crippen LogP contribution in [0, 0.1) is 5.92 Å². The lowest BCUT2D eigenvalue weighted by Crippen LogP contribution is -2.41. The number of ether oxygens (including phenoxy) is 1. The van der Waals surface area contributed by atoms with E-state index in [-0.39, 0.29) is 5.91 Å². The molecule has 1 saturated heterocycles. The molecule has 5 rings (SSSR count). The summed E-state index contributed by atoms with van der Waals surface area (Å²) in [5, 5.41) is 4.34. The van der Waals surface area contributed by atoms with Crippen LogP contribution < -0.4 is 5.32 Å². The van der Waals surface area contributed by atoms with Crippen LogP contribution in [0.1, 0.15) is 23.3 Å². The first-order chi connectivity index (χ1) is 13.7. The zero-order valence-corrected chi connectivity index (χ0v) is 16.5. The smallest absolute Gasteiger partial charge is 0.268 e. The number of aromatic nitrogens is 2. The Bertz CT molecular complexity index is 1010. The maximum Gasteiger partial charge on any atom is 0.268 e. The fraction of sp³-hybridized carbons (Fsp3) is 0.500. The van der Waals surface area contributed by atoms with E-state index in [9.17, 15) is 4.79 Å². The van der Waals surface area contributed by atoms with Crippen LogP contribution >= 0.6 is 0 Å². The number of carbonyl (C=O) groups excluding carboxylic acids is 1. The van der Waals surface area contributed by atoms with E-state index in [0.717, 1.165) is 56.5 Å². The Morgan fingerprint density at radius 2 is 1.96 bits per heavy atom. The van der Waals surface area contributed by atoms with Crippen LogP contribution in [0.3, 0.4) is 0 Å². The Kier molecular flexibility index (Phi) is 4.61. The van der Waals surface area contributed by atoms with Crippen LogP contribution in [0.5, 0.6) is 0 Å². The maximum absolute atomic E-state index is 12.9. The van der Waals surface area contributed by atoms with Crippen LogP contribution in [-0.2, 0) is 18.3 Å². The number of nitrogens with zero attached hydrogens (tertiary/aromatic N) is 3. The standard InChI is InChI=1S/C22H28N4O2/c1-24-20(22(27)23-8-9-25-10-12-28-13-11-25)14-19-21(24)17-4-2-3-5-18(17)26(19)15-16-6-7-16/h2-5,14,16H,6-13,15H2,1H3,(H,23,27). The molecular formula is C22H28N4O2. The van der Waals surface area contributed by atoms with Crippen molar-refractivity contribution in [1.82, 2.24) is 19.4 Å². The van der Waals surface area contributed by atoms with Crippen molar-refractivity contribution in [3.8, 4) is 0 Å². The third kappa shape index (κ3) is 3.20. The molecule has 3 heterocycles. The third-order valence-corrected chi connectivity index (χ3v) is 6.14. The molecule has 6 heteroatoms. The first-order valence-corrected chi connectivity index (χ1v) is 10.4. The second-order valence-corrected chi connectivity index (χ2v) is 8.10. The summed E-state index contributed by atoms with van der Waals surface area (Å²) in [5.41, 5.74) is 4.35. The van der Waals surface area contributed by atoms with E-state index in [2.05, 4.69) is 49.7 Å². The zero-order valence-electron chi connectivity index (χ0n) is 16.5. The lowest BCUT2D eigenvalue weighted by atomic mass is 10.2. The number of morpholine rings is 1. The Balaban J connectivity index is 1.40. The highest BCUT2D eigenvalue weighted by atomic mass is 16.5. The van der Waals surface area contributed by atoms with Gasteiger partial charge in [0.1, 0.15) is 5.69 Å². The summed E-state index contributed by atoms with van der Waals surface area (Å²) in [7, 11) is 2.01. The molecular weight excluding hydrogens is 352 g/mol. The van der Waals surface area contributed by atoms with Crippen LogP contribution in [-0.4, -0.2) is 59.3 Å². The van der Waals surface area contributed by atoms with Gasteiger partial charge in [-0.05, 0) is 30.9 Å². The monoisotopic (exact) mass is 380 g/mol.